The number of anilines is 1. The molecule has 3 rings (SSSR count). The Morgan fingerprint density at radius 3 is 2.41 bits per heavy atom. The minimum Gasteiger partial charge on any atom is -0.451 e. The molecule has 32 heavy (non-hydrogen) atoms. The number of ether oxygens (including phenoxy) is 1. The number of amides is 2. The van der Waals surface area contributed by atoms with Crippen LogP contribution in [0.25, 0.3) is 0 Å². The highest BCUT2D eigenvalue weighted by Gasteiger charge is 2.18. The normalized spacial score (nSPS) is 10.5. The maximum Gasteiger partial charge on any atom is 0.361 e. The van der Waals surface area contributed by atoms with Crippen LogP contribution in [0.2, 0.25) is 0 Å². The molecule has 1 aromatic heterocycles. The zero-order chi connectivity index (χ0) is 23.1. The monoisotopic (exact) mass is 435 g/mol. The number of benzene rings is 2. The molecule has 2 aromatic carbocycles. The largest absolute Gasteiger partial charge is 0.451 e. The van der Waals surface area contributed by atoms with E-state index in [2.05, 4.69) is 15.6 Å². The van der Waals surface area contributed by atoms with Gasteiger partial charge < -0.3 is 15.0 Å². The van der Waals surface area contributed by atoms with E-state index in [0.29, 0.717) is 6.54 Å². The first-order valence-electron chi connectivity index (χ1n) is 10.0. The number of nitrogens with zero attached hydrogens (tertiary/aromatic N) is 4. The van der Waals surface area contributed by atoms with Crippen molar-refractivity contribution in [2.75, 3.05) is 25.5 Å². The van der Waals surface area contributed by atoms with Crippen molar-refractivity contribution in [3.05, 3.63) is 77.1 Å². The second kappa shape index (κ2) is 10.3. The van der Waals surface area contributed by atoms with Crippen LogP contribution < -0.4 is 5.32 Å². The number of carbonyl (C=O) groups excluding carboxylic acids is 3. The van der Waals surface area contributed by atoms with Crippen molar-refractivity contribution in [1.29, 1.82) is 0 Å². The predicted octanol–water partition coefficient (Wildman–Crippen LogP) is 2.20. The molecule has 0 aliphatic heterocycles. The zero-order valence-electron chi connectivity index (χ0n) is 18.2. The molecule has 1 N–H and O–H groups in total. The van der Waals surface area contributed by atoms with Crippen molar-refractivity contribution in [3.8, 4) is 0 Å². The maximum atomic E-state index is 12.3. The van der Waals surface area contributed by atoms with E-state index in [1.807, 2.05) is 62.4 Å². The lowest BCUT2D eigenvalue weighted by Gasteiger charge is -2.18. The summed E-state index contributed by atoms with van der Waals surface area (Å²) in [4.78, 5) is 38.0. The molecule has 2 amide bonds. The molecule has 0 aliphatic rings. The maximum absolute atomic E-state index is 12.3. The topological polar surface area (TPSA) is 106 Å². The molecule has 0 radical (unpaired) electrons. The number of likely N-dealkylation sites (N-methyl/N-ethyl adjacent to an activating group) is 1. The molecule has 0 aliphatic carbocycles. The molecular formula is C23H25N5O4. The first kappa shape index (κ1) is 22.7. The third-order valence-electron chi connectivity index (χ3n) is 4.81. The van der Waals surface area contributed by atoms with Crippen molar-refractivity contribution in [3.63, 3.8) is 0 Å². The fourth-order valence-corrected chi connectivity index (χ4v) is 3.05. The summed E-state index contributed by atoms with van der Waals surface area (Å²) in [7, 11) is 1.47. The summed E-state index contributed by atoms with van der Waals surface area (Å²) in [5, 5.41) is 10.5. The number of hydrogen-bond donors (Lipinski definition) is 1. The molecule has 0 atom stereocenters. The standard InChI is InChI=1S/C23H25N5O4/c1-16-8-7-9-17(2)22(16)24-20(29)14-27(3)21(30)15-32-23(31)19-13-28(26-25-19)12-18-10-5-4-6-11-18/h4-11,13H,12,14-15H2,1-3H3,(H,24,29). The van der Waals surface area contributed by atoms with E-state index in [1.165, 1.54) is 22.8 Å². The Kier molecular flexibility index (Phi) is 7.33. The van der Waals surface area contributed by atoms with Gasteiger partial charge in [0.15, 0.2) is 12.3 Å². The van der Waals surface area contributed by atoms with Crippen LogP contribution in [-0.2, 0) is 20.9 Å². The number of carbonyl (C=O) groups is 3. The Hall–Kier alpha value is -4.01. The van der Waals surface area contributed by atoms with E-state index in [0.717, 1.165) is 22.4 Å². The molecular weight excluding hydrogens is 410 g/mol. The number of aromatic nitrogens is 3. The van der Waals surface area contributed by atoms with Crippen molar-refractivity contribution < 1.29 is 19.1 Å². The minimum absolute atomic E-state index is 0.00385. The minimum atomic E-state index is -0.758. The summed E-state index contributed by atoms with van der Waals surface area (Å²) in [5.41, 5.74) is 3.60. The van der Waals surface area contributed by atoms with Gasteiger partial charge in [0.2, 0.25) is 5.91 Å². The van der Waals surface area contributed by atoms with Gasteiger partial charge in [0.05, 0.1) is 19.3 Å². The lowest BCUT2D eigenvalue weighted by molar-refractivity contribution is -0.136. The lowest BCUT2D eigenvalue weighted by atomic mass is 10.1. The smallest absolute Gasteiger partial charge is 0.361 e. The third-order valence-corrected chi connectivity index (χ3v) is 4.81. The van der Waals surface area contributed by atoms with Gasteiger partial charge >= 0.3 is 5.97 Å². The van der Waals surface area contributed by atoms with Crippen LogP contribution in [0.3, 0.4) is 0 Å². The van der Waals surface area contributed by atoms with Gasteiger partial charge in [0.1, 0.15) is 0 Å². The molecule has 0 spiro atoms. The summed E-state index contributed by atoms with van der Waals surface area (Å²) in [6, 6.07) is 15.3. The predicted molar refractivity (Wildman–Crippen MR) is 118 cm³/mol. The summed E-state index contributed by atoms with van der Waals surface area (Å²) in [6.45, 7) is 3.58. The first-order valence-corrected chi connectivity index (χ1v) is 10.0. The Bertz CT molecular complexity index is 1090. The molecule has 0 unspecified atom stereocenters. The van der Waals surface area contributed by atoms with E-state index in [-0.39, 0.29) is 18.1 Å². The van der Waals surface area contributed by atoms with E-state index in [9.17, 15) is 14.4 Å². The Balaban J connectivity index is 1.47. The van der Waals surface area contributed by atoms with Gasteiger partial charge in [-0.15, -0.1) is 5.10 Å². The molecule has 0 bridgehead atoms. The van der Waals surface area contributed by atoms with Crippen LogP contribution in [0.5, 0.6) is 0 Å². The van der Waals surface area contributed by atoms with Crippen molar-refractivity contribution >= 4 is 23.5 Å². The van der Waals surface area contributed by atoms with Crippen LogP contribution in [0.1, 0.15) is 27.2 Å². The van der Waals surface area contributed by atoms with Crippen LogP contribution in [0.15, 0.2) is 54.7 Å². The summed E-state index contributed by atoms with van der Waals surface area (Å²) >= 11 is 0. The summed E-state index contributed by atoms with van der Waals surface area (Å²) in [6.07, 6.45) is 1.46. The molecule has 0 saturated heterocycles. The van der Waals surface area contributed by atoms with Crippen molar-refractivity contribution in [1.82, 2.24) is 19.9 Å². The Morgan fingerprint density at radius 1 is 1.03 bits per heavy atom. The average molecular weight is 435 g/mol. The SMILES string of the molecule is Cc1cccc(C)c1NC(=O)CN(C)C(=O)COC(=O)c1cn(Cc2ccccc2)nn1. The fraction of sp³-hybridized carbons (Fsp3) is 0.261. The highest BCUT2D eigenvalue weighted by atomic mass is 16.5. The number of rotatable bonds is 8. The molecule has 9 nitrogen and oxygen atoms in total. The van der Waals surface area contributed by atoms with Crippen LogP contribution in [0.4, 0.5) is 5.69 Å². The van der Waals surface area contributed by atoms with Gasteiger partial charge in [-0.05, 0) is 30.5 Å². The molecule has 1 heterocycles. The molecule has 0 fully saturated rings. The van der Waals surface area contributed by atoms with Crippen molar-refractivity contribution in [2.24, 2.45) is 0 Å². The second-order valence-corrected chi connectivity index (χ2v) is 7.43. The van der Waals surface area contributed by atoms with Gasteiger partial charge in [0.25, 0.3) is 5.91 Å². The second-order valence-electron chi connectivity index (χ2n) is 7.43. The third kappa shape index (κ3) is 6.00. The fourth-order valence-electron chi connectivity index (χ4n) is 3.05. The lowest BCUT2D eigenvalue weighted by Crippen LogP contribution is -2.37. The molecule has 0 saturated carbocycles. The summed E-state index contributed by atoms with van der Waals surface area (Å²) < 4.78 is 6.55. The van der Waals surface area contributed by atoms with E-state index in [4.69, 9.17) is 4.74 Å². The highest BCUT2D eigenvalue weighted by Crippen LogP contribution is 2.19. The molecule has 3 aromatic rings. The Morgan fingerprint density at radius 2 is 1.72 bits per heavy atom. The average Bonchev–Trinajstić information content (AvgIpc) is 3.23. The molecule has 9 heteroatoms. The van der Waals surface area contributed by atoms with E-state index >= 15 is 0 Å². The van der Waals surface area contributed by atoms with Crippen LogP contribution >= 0.6 is 0 Å². The number of aryl methyl sites for hydroxylation is 2. The Labute approximate surface area is 186 Å². The number of esters is 1. The van der Waals surface area contributed by atoms with E-state index in [1.54, 1.807) is 0 Å². The van der Waals surface area contributed by atoms with Crippen molar-refractivity contribution in [2.45, 2.75) is 20.4 Å². The first-order chi connectivity index (χ1) is 15.3. The number of hydrogen-bond acceptors (Lipinski definition) is 6. The van der Waals surface area contributed by atoms with E-state index < -0.39 is 18.5 Å². The van der Waals surface area contributed by atoms with Gasteiger partial charge in [-0.2, -0.15) is 0 Å². The summed E-state index contributed by atoms with van der Waals surface area (Å²) in [5.74, 6) is -1.61. The number of nitrogens with one attached hydrogen (secondary N) is 1. The van der Waals surface area contributed by atoms with Gasteiger partial charge in [-0.3, -0.25) is 9.59 Å². The number of para-hydroxylation sites is 1. The van der Waals surface area contributed by atoms with Crippen LogP contribution in [-0.4, -0.2) is 57.9 Å². The highest BCUT2D eigenvalue weighted by molar-refractivity contribution is 5.96. The quantitative estimate of drug-likeness (QED) is 0.544. The zero-order valence-corrected chi connectivity index (χ0v) is 18.2. The molecule has 166 valence electrons. The van der Waals surface area contributed by atoms with Gasteiger partial charge in [-0.1, -0.05) is 53.7 Å². The van der Waals surface area contributed by atoms with Gasteiger partial charge in [0, 0.05) is 12.7 Å². The van der Waals surface area contributed by atoms with Crippen LogP contribution in [0, 0.1) is 13.8 Å². The van der Waals surface area contributed by atoms with Gasteiger partial charge in [-0.25, -0.2) is 9.48 Å².